The van der Waals surface area contributed by atoms with Crippen molar-refractivity contribution in [1.82, 2.24) is 4.98 Å². The van der Waals surface area contributed by atoms with Crippen LogP contribution in [0.4, 0.5) is 5.82 Å². The van der Waals surface area contributed by atoms with Gasteiger partial charge in [-0.2, -0.15) is 0 Å². The maximum Gasteiger partial charge on any atom is 0.127 e. The molecule has 0 saturated carbocycles. The fraction of sp³-hybridized carbons (Fsp3) is 0.292. The lowest BCUT2D eigenvalue weighted by atomic mass is 10.0. The summed E-state index contributed by atoms with van der Waals surface area (Å²) in [6, 6.07) is 19.3. The average molecular weight is 390 g/mol. The van der Waals surface area contributed by atoms with Crippen LogP contribution >= 0.6 is 0 Å². The molecule has 1 atom stereocenters. The lowest BCUT2D eigenvalue weighted by molar-refractivity contribution is 0.120. The number of nitrogens with zero attached hydrogens (tertiary/aromatic N) is 1. The third-order valence-electron chi connectivity index (χ3n) is 5.02. The van der Waals surface area contributed by atoms with Gasteiger partial charge < -0.3 is 19.9 Å². The first kappa shape index (κ1) is 19.3. The Labute approximate surface area is 171 Å². The van der Waals surface area contributed by atoms with Crippen molar-refractivity contribution in [2.45, 2.75) is 25.9 Å². The first-order valence-corrected chi connectivity index (χ1v) is 10.1. The summed E-state index contributed by atoms with van der Waals surface area (Å²) in [5.74, 6) is 1.89. The number of hydrogen-bond donors (Lipinski definition) is 2. The molecule has 1 aromatic heterocycles. The number of aromatic hydroxyl groups is 1. The minimum Gasteiger partial charge on any atom is -0.508 e. The quantitative estimate of drug-likeness (QED) is 0.587. The predicted molar refractivity (Wildman–Crippen MR) is 115 cm³/mol. The number of pyridine rings is 1. The van der Waals surface area contributed by atoms with Gasteiger partial charge in [-0.05, 0) is 67.8 Å². The monoisotopic (exact) mass is 390 g/mol. The number of rotatable bonds is 7. The van der Waals surface area contributed by atoms with E-state index >= 15 is 0 Å². The highest BCUT2D eigenvalue weighted by molar-refractivity contribution is 5.77. The number of aromatic nitrogens is 1. The number of benzene rings is 2. The van der Waals surface area contributed by atoms with Gasteiger partial charge in [-0.3, -0.25) is 0 Å². The van der Waals surface area contributed by atoms with E-state index < -0.39 is 0 Å². The number of nitrogens with one attached hydrogen (secondary N) is 1. The highest BCUT2D eigenvalue weighted by atomic mass is 16.5. The van der Waals surface area contributed by atoms with Crippen LogP contribution in [0.2, 0.25) is 0 Å². The van der Waals surface area contributed by atoms with Crippen LogP contribution in [0, 0.1) is 0 Å². The van der Waals surface area contributed by atoms with Gasteiger partial charge in [-0.25, -0.2) is 4.98 Å². The van der Waals surface area contributed by atoms with Gasteiger partial charge in [0.15, 0.2) is 0 Å². The number of phenolic OH excluding ortho intramolecular Hbond substituents is 1. The first-order valence-electron chi connectivity index (χ1n) is 10.1. The lowest BCUT2D eigenvalue weighted by Crippen LogP contribution is -2.19. The number of phenols is 1. The van der Waals surface area contributed by atoms with E-state index in [1.165, 1.54) is 0 Å². The summed E-state index contributed by atoms with van der Waals surface area (Å²) in [6.07, 6.45) is 2.42. The van der Waals surface area contributed by atoms with Crippen molar-refractivity contribution in [2.75, 3.05) is 25.1 Å². The molecule has 0 aliphatic carbocycles. The van der Waals surface area contributed by atoms with Crippen LogP contribution in [0.25, 0.3) is 22.4 Å². The molecule has 150 valence electrons. The Balaban J connectivity index is 1.72. The fourth-order valence-electron chi connectivity index (χ4n) is 3.57. The first-order chi connectivity index (χ1) is 14.2. The lowest BCUT2D eigenvalue weighted by Gasteiger charge is -2.15. The Hall–Kier alpha value is -3.05. The van der Waals surface area contributed by atoms with Crippen molar-refractivity contribution in [3.05, 3.63) is 60.7 Å². The molecule has 2 heterocycles. The van der Waals surface area contributed by atoms with Crippen molar-refractivity contribution in [1.29, 1.82) is 0 Å². The predicted octanol–water partition coefficient (Wildman–Crippen LogP) is 5.11. The fourth-order valence-corrected chi connectivity index (χ4v) is 3.57. The SMILES string of the molecule is CCOc1ccccc1-c1cc(NCC2CCCO2)nc(-c2ccc(O)cc2)c1. The molecule has 0 bridgehead atoms. The van der Waals surface area contributed by atoms with E-state index in [1.807, 2.05) is 37.3 Å². The third kappa shape index (κ3) is 4.69. The molecule has 2 N–H and O–H groups in total. The van der Waals surface area contributed by atoms with Gasteiger partial charge in [-0.1, -0.05) is 18.2 Å². The second-order valence-corrected chi connectivity index (χ2v) is 7.12. The van der Waals surface area contributed by atoms with Gasteiger partial charge in [0, 0.05) is 24.3 Å². The van der Waals surface area contributed by atoms with Gasteiger partial charge in [0.1, 0.15) is 17.3 Å². The summed E-state index contributed by atoms with van der Waals surface area (Å²) < 4.78 is 11.6. The van der Waals surface area contributed by atoms with Crippen molar-refractivity contribution < 1.29 is 14.6 Å². The number of para-hydroxylation sites is 1. The highest BCUT2D eigenvalue weighted by Crippen LogP contribution is 2.34. The highest BCUT2D eigenvalue weighted by Gasteiger charge is 2.16. The van der Waals surface area contributed by atoms with Crippen LogP contribution in [0.3, 0.4) is 0 Å². The molecule has 5 nitrogen and oxygen atoms in total. The molecule has 5 heteroatoms. The van der Waals surface area contributed by atoms with Crippen LogP contribution < -0.4 is 10.1 Å². The standard InChI is InChI=1S/C24H26N2O3/c1-2-28-23-8-4-3-7-21(23)18-14-22(17-9-11-19(27)12-10-17)26-24(15-18)25-16-20-6-5-13-29-20/h3-4,7-12,14-15,20,27H,2,5-6,13,16H2,1H3,(H,25,26). The van der Waals surface area contributed by atoms with Crippen molar-refractivity contribution in [3.8, 4) is 33.9 Å². The Bertz CT molecular complexity index is 951. The maximum atomic E-state index is 9.63. The van der Waals surface area contributed by atoms with Crippen LogP contribution in [0.1, 0.15) is 19.8 Å². The summed E-state index contributed by atoms with van der Waals surface area (Å²) in [5.41, 5.74) is 3.83. The van der Waals surface area contributed by atoms with E-state index in [2.05, 4.69) is 23.5 Å². The van der Waals surface area contributed by atoms with Crippen molar-refractivity contribution >= 4 is 5.82 Å². The molecule has 0 spiro atoms. The minimum atomic E-state index is 0.230. The Morgan fingerprint density at radius 1 is 1.10 bits per heavy atom. The summed E-state index contributed by atoms with van der Waals surface area (Å²) in [6.45, 7) is 4.16. The summed E-state index contributed by atoms with van der Waals surface area (Å²) in [5, 5.41) is 13.1. The molecule has 1 fully saturated rings. The van der Waals surface area contributed by atoms with Gasteiger partial charge in [0.25, 0.3) is 0 Å². The van der Waals surface area contributed by atoms with Crippen molar-refractivity contribution in [2.24, 2.45) is 0 Å². The molecule has 0 amide bonds. The number of anilines is 1. The second-order valence-electron chi connectivity index (χ2n) is 7.12. The zero-order valence-electron chi connectivity index (χ0n) is 16.6. The Kier molecular flexibility index (Phi) is 5.96. The molecular formula is C24H26N2O3. The van der Waals surface area contributed by atoms with E-state index in [4.69, 9.17) is 14.5 Å². The molecule has 1 saturated heterocycles. The van der Waals surface area contributed by atoms with Gasteiger partial charge in [0.2, 0.25) is 0 Å². The van der Waals surface area contributed by atoms with E-state index in [0.717, 1.165) is 59.9 Å². The zero-order chi connectivity index (χ0) is 20.1. The normalized spacial score (nSPS) is 16.0. The Morgan fingerprint density at radius 3 is 2.69 bits per heavy atom. The molecule has 29 heavy (non-hydrogen) atoms. The van der Waals surface area contributed by atoms with E-state index in [1.54, 1.807) is 12.1 Å². The van der Waals surface area contributed by atoms with Crippen LogP contribution in [-0.4, -0.2) is 36.0 Å². The average Bonchev–Trinajstić information content (AvgIpc) is 3.27. The summed E-state index contributed by atoms with van der Waals surface area (Å²) in [7, 11) is 0. The number of ether oxygens (including phenoxy) is 2. The molecular weight excluding hydrogens is 364 g/mol. The molecule has 3 aromatic rings. The maximum absolute atomic E-state index is 9.63. The van der Waals surface area contributed by atoms with Gasteiger partial charge >= 0.3 is 0 Å². The van der Waals surface area contributed by atoms with Crippen LogP contribution in [0.15, 0.2) is 60.7 Å². The van der Waals surface area contributed by atoms with Gasteiger partial charge in [0.05, 0.1) is 18.4 Å². The molecule has 1 aliphatic heterocycles. The second kappa shape index (κ2) is 8.97. The van der Waals surface area contributed by atoms with E-state index in [9.17, 15) is 5.11 Å². The molecule has 2 aromatic carbocycles. The van der Waals surface area contributed by atoms with Crippen LogP contribution in [-0.2, 0) is 4.74 Å². The molecule has 0 radical (unpaired) electrons. The third-order valence-corrected chi connectivity index (χ3v) is 5.02. The van der Waals surface area contributed by atoms with E-state index in [-0.39, 0.29) is 11.9 Å². The van der Waals surface area contributed by atoms with Crippen LogP contribution in [0.5, 0.6) is 11.5 Å². The molecule has 1 aliphatic rings. The molecule has 1 unspecified atom stereocenters. The smallest absolute Gasteiger partial charge is 0.127 e. The van der Waals surface area contributed by atoms with Gasteiger partial charge in [-0.15, -0.1) is 0 Å². The topological polar surface area (TPSA) is 63.6 Å². The summed E-state index contributed by atoms with van der Waals surface area (Å²) in [4.78, 5) is 4.81. The zero-order valence-corrected chi connectivity index (χ0v) is 16.6. The summed E-state index contributed by atoms with van der Waals surface area (Å²) >= 11 is 0. The Morgan fingerprint density at radius 2 is 1.93 bits per heavy atom. The molecule has 4 rings (SSSR count). The minimum absolute atomic E-state index is 0.230. The largest absolute Gasteiger partial charge is 0.508 e. The van der Waals surface area contributed by atoms with Crippen molar-refractivity contribution in [3.63, 3.8) is 0 Å². The number of hydrogen-bond acceptors (Lipinski definition) is 5. The van der Waals surface area contributed by atoms with E-state index in [0.29, 0.717) is 6.61 Å².